The summed E-state index contributed by atoms with van der Waals surface area (Å²) in [4.78, 5) is 0.626. The number of anilines is 1. The molecule has 0 aromatic heterocycles. The summed E-state index contributed by atoms with van der Waals surface area (Å²) in [6.45, 7) is 0.981. The second kappa shape index (κ2) is 7.26. The van der Waals surface area contributed by atoms with E-state index in [9.17, 15) is 16.8 Å². The van der Waals surface area contributed by atoms with Crippen molar-refractivity contribution in [2.75, 3.05) is 24.2 Å². The second-order valence-corrected chi connectivity index (χ2v) is 9.52. The molecule has 1 fully saturated rings. The Kier molecular flexibility index (Phi) is 5.65. The van der Waals surface area contributed by atoms with E-state index in [0.29, 0.717) is 18.8 Å². The SMILES string of the molecule is CS(=O)(=O)c1ccc(N2CCC[C@@H](N)C2)c(/C(N)=N/N=N)c1S(N)(=O)=O. The minimum atomic E-state index is -4.49. The Balaban J connectivity index is 2.90. The van der Waals surface area contributed by atoms with Gasteiger partial charge in [-0.3, -0.25) is 0 Å². The van der Waals surface area contributed by atoms with Crippen LogP contribution in [-0.2, 0) is 19.9 Å². The van der Waals surface area contributed by atoms with E-state index in [1.807, 2.05) is 0 Å². The molecule has 1 aromatic rings. The number of nitrogens with zero attached hydrogens (tertiary/aromatic N) is 3. The fourth-order valence-electron chi connectivity index (χ4n) is 2.97. The van der Waals surface area contributed by atoms with Crippen molar-refractivity contribution in [3.8, 4) is 0 Å². The van der Waals surface area contributed by atoms with Gasteiger partial charge in [-0.2, -0.15) is 5.53 Å². The van der Waals surface area contributed by atoms with Crippen LogP contribution in [0.15, 0.2) is 32.2 Å². The minimum Gasteiger partial charge on any atom is -0.382 e. The smallest absolute Gasteiger partial charge is 0.240 e. The molecule has 0 amide bonds. The quantitative estimate of drug-likeness (QED) is 0.216. The fourth-order valence-corrected chi connectivity index (χ4v) is 5.37. The van der Waals surface area contributed by atoms with Crippen LogP contribution >= 0.6 is 0 Å². The van der Waals surface area contributed by atoms with Gasteiger partial charge in [-0.1, -0.05) is 5.22 Å². The first kappa shape index (κ1) is 20.2. The Labute approximate surface area is 151 Å². The van der Waals surface area contributed by atoms with Crippen molar-refractivity contribution in [2.45, 2.75) is 28.7 Å². The molecule has 11 nitrogen and oxygen atoms in total. The van der Waals surface area contributed by atoms with E-state index in [1.54, 1.807) is 4.90 Å². The van der Waals surface area contributed by atoms with E-state index >= 15 is 0 Å². The third-order valence-electron chi connectivity index (χ3n) is 4.00. The predicted molar refractivity (Wildman–Crippen MR) is 96.2 cm³/mol. The van der Waals surface area contributed by atoms with E-state index in [-0.39, 0.29) is 11.6 Å². The molecule has 144 valence electrons. The summed E-state index contributed by atoms with van der Waals surface area (Å²) < 4.78 is 48.6. The molecule has 1 saturated heterocycles. The first-order chi connectivity index (χ1) is 12.0. The van der Waals surface area contributed by atoms with Crippen LogP contribution in [0.1, 0.15) is 18.4 Å². The lowest BCUT2D eigenvalue weighted by atomic mass is 10.0. The summed E-state index contributed by atoms with van der Waals surface area (Å²) in [5, 5.41) is 11.5. The predicted octanol–water partition coefficient (Wildman–Crippen LogP) is -0.684. The Morgan fingerprint density at radius 2 is 1.96 bits per heavy atom. The molecule has 0 bridgehead atoms. The van der Waals surface area contributed by atoms with E-state index in [4.69, 9.17) is 22.1 Å². The highest BCUT2D eigenvalue weighted by Crippen LogP contribution is 2.33. The molecule has 1 aliphatic rings. The molecule has 7 N–H and O–H groups in total. The zero-order chi connectivity index (χ0) is 19.7. The molecule has 0 spiro atoms. The summed E-state index contributed by atoms with van der Waals surface area (Å²) in [5.74, 6) is -0.427. The molecule has 0 unspecified atom stereocenters. The van der Waals surface area contributed by atoms with Gasteiger partial charge >= 0.3 is 0 Å². The summed E-state index contributed by atoms with van der Waals surface area (Å²) in [5.41, 5.74) is 18.8. The zero-order valence-electron chi connectivity index (χ0n) is 14.1. The van der Waals surface area contributed by atoms with E-state index in [2.05, 4.69) is 10.3 Å². The van der Waals surface area contributed by atoms with Gasteiger partial charge in [0, 0.05) is 31.1 Å². The second-order valence-electron chi connectivity index (χ2n) is 6.04. The van der Waals surface area contributed by atoms with Crippen LogP contribution in [0, 0.1) is 5.53 Å². The van der Waals surface area contributed by atoms with Crippen LogP contribution < -0.4 is 21.5 Å². The van der Waals surface area contributed by atoms with Crippen molar-refractivity contribution in [3.05, 3.63) is 17.7 Å². The fraction of sp³-hybridized carbons (Fsp3) is 0.462. The molecule has 13 heteroatoms. The van der Waals surface area contributed by atoms with Gasteiger partial charge in [-0.15, -0.1) is 5.10 Å². The van der Waals surface area contributed by atoms with Crippen LogP contribution in [0.4, 0.5) is 5.69 Å². The lowest BCUT2D eigenvalue weighted by Crippen LogP contribution is -2.44. The molecular weight excluding hydrogens is 382 g/mol. The maximum absolute atomic E-state index is 12.2. The zero-order valence-corrected chi connectivity index (χ0v) is 15.7. The Morgan fingerprint density at radius 3 is 2.46 bits per heavy atom. The molecule has 0 radical (unpaired) electrons. The van der Waals surface area contributed by atoms with Crippen molar-refractivity contribution < 1.29 is 16.8 Å². The van der Waals surface area contributed by atoms with E-state index in [0.717, 1.165) is 19.1 Å². The van der Waals surface area contributed by atoms with Crippen molar-refractivity contribution in [1.29, 1.82) is 5.53 Å². The van der Waals surface area contributed by atoms with Gasteiger partial charge in [0.25, 0.3) is 0 Å². The summed E-state index contributed by atoms with van der Waals surface area (Å²) in [6.07, 6.45) is 2.43. The summed E-state index contributed by atoms with van der Waals surface area (Å²) >= 11 is 0. The number of amidine groups is 1. The first-order valence-electron chi connectivity index (χ1n) is 7.57. The van der Waals surface area contributed by atoms with Gasteiger partial charge in [0.1, 0.15) is 4.90 Å². The minimum absolute atomic E-state index is 0.136. The van der Waals surface area contributed by atoms with E-state index in [1.165, 1.54) is 12.1 Å². The van der Waals surface area contributed by atoms with Crippen LogP contribution in [0.5, 0.6) is 0 Å². The Hall–Kier alpha value is -2.09. The number of benzene rings is 1. The van der Waals surface area contributed by atoms with Gasteiger partial charge in [0.15, 0.2) is 15.7 Å². The van der Waals surface area contributed by atoms with E-state index < -0.39 is 35.5 Å². The Morgan fingerprint density at radius 1 is 1.31 bits per heavy atom. The van der Waals surface area contributed by atoms with Gasteiger partial charge in [-0.25, -0.2) is 22.0 Å². The number of hydrogen-bond acceptors (Lipinski definition) is 8. The van der Waals surface area contributed by atoms with Gasteiger partial charge < -0.3 is 16.4 Å². The lowest BCUT2D eigenvalue weighted by Gasteiger charge is -2.34. The normalized spacial score (nSPS) is 19.4. The number of primary sulfonamides is 1. The van der Waals surface area contributed by atoms with Crippen molar-refractivity contribution in [2.24, 2.45) is 26.9 Å². The van der Waals surface area contributed by atoms with Crippen molar-refractivity contribution in [1.82, 2.24) is 0 Å². The van der Waals surface area contributed by atoms with Crippen LogP contribution in [0.2, 0.25) is 0 Å². The summed E-state index contributed by atoms with van der Waals surface area (Å²) in [7, 11) is -8.42. The van der Waals surface area contributed by atoms with Crippen LogP contribution in [0.3, 0.4) is 0 Å². The van der Waals surface area contributed by atoms with Gasteiger partial charge in [0.2, 0.25) is 10.0 Å². The Bertz CT molecular complexity index is 957. The molecule has 1 aliphatic heterocycles. The highest BCUT2D eigenvalue weighted by molar-refractivity contribution is 7.93. The van der Waals surface area contributed by atoms with Gasteiger partial charge in [0.05, 0.1) is 10.5 Å². The third-order valence-corrected chi connectivity index (χ3v) is 6.26. The molecule has 0 saturated carbocycles. The van der Waals surface area contributed by atoms with Crippen molar-refractivity contribution >= 4 is 31.4 Å². The highest BCUT2D eigenvalue weighted by Gasteiger charge is 2.31. The van der Waals surface area contributed by atoms with Gasteiger partial charge in [-0.05, 0) is 25.0 Å². The average Bonchev–Trinajstić information content (AvgIpc) is 2.52. The topological polar surface area (TPSA) is 198 Å². The number of hydrogen-bond donors (Lipinski definition) is 4. The molecule has 2 rings (SSSR count). The molecule has 0 aliphatic carbocycles. The third kappa shape index (κ3) is 4.17. The average molecular weight is 403 g/mol. The number of rotatable bonds is 5. The monoisotopic (exact) mass is 403 g/mol. The van der Waals surface area contributed by atoms with Crippen LogP contribution in [0.25, 0.3) is 0 Å². The standard InChI is InChI=1S/C13H21N7O4S2/c1-25(21,22)10-5-4-9(20-6-2-3-8(14)7-20)11(13(15)18-19-16)12(10)26(17,23)24/h4-5,8H,2-3,6-7,14H2,1H3,(H3,15,16,18)(H2,17,23,24)/t8-/m1/s1. The lowest BCUT2D eigenvalue weighted by molar-refractivity contribution is 0.505. The number of sulfonamides is 1. The number of sulfone groups is 1. The van der Waals surface area contributed by atoms with Crippen LogP contribution in [-0.4, -0.2) is 48.1 Å². The number of nitrogens with two attached hydrogens (primary N) is 3. The largest absolute Gasteiger partial charge is 0.382 e. The molecule has 26 heavy (non-hydrogen) atoms. The van der Waals surface area contributed by atoms with Crippen molar-refractivity contribution in [3.63, 3.8) is 0 Å². The summed E-state index contributed by atoms with van der Waals surface area (Å²) in [6, 6.07) is 2.47. The first-order valence-corrected chi connectivity index (χ1v) is 11.0. The number of nitrogens with one attached hydrogen (secondary N) is 1. The molecule has 1 aromatic carbocycles. The molecule has 1 atom stereocenters. The molecule has 1 heterocycles. The maximum Gasteiger partial charge on any atom is 0.240 e. The molecular formula is C13H21N7O4S2. The highest BCUT2D eigenvalue weighted by atomic mass is 32.2. The maximum atomic E-state index is 12.2. The number of piperidine rings is 1.